The zero-order chi connectivity index (χ0) is 23.4. The van der Waals surface area contributed by atoms with Gasteiger partial charge >= 0.3 is 0 Å². The monoisotopic (exact) mass is 592 g/mol. The van der Waals surface area contributed by atoms with E-state index in [0.717, 1.165) is 16.4 Å². The van der Waals surface area contributed by atoms with Crippen LogP contribution in [-0.2, 0) is 9.59 Å². The Labute approximate surface area is 212 Å². The Morgan fingerprint density at radius 3 is 2.03 bits per heavy atom. The summed E-state index contributed by atoms with van der Waals surface area (Å²) in [6.45, 7) is -0.449. The minimum Gasteiger partial charge on any atom is -0.292 e. The smallest absolute Gasteiger partial charge is 0.274 e. The molecule has 2 bridgehead atoms. The largest absolute Gasteiger partial charge is 0.292 e. The molecule has 0 spiro atoms. The highest BCUT2D eigenvalue weighted by Gasteiger charge is 2.67. The Hall–Kier alpha value is -2.03. The molecule has 2 aliphatic carbocycles. The number of halogens is 3. The molecule has 2 aromatic rings. The molecule has 6 atom stereocenters. The molecule has 6 nitrogen and oxygen atoms in total. The van der Waals surface area contributed by atoms with Crippen molar-refractivity contribution in [2.75, 3.05) is 6.54 Å². The lowest BCUT2D eigenvalue weighted by molar-refractivity contribution is -0.154. The van der Waals surface area contributed by atoms with Gasteiger partial charge in [-0.1, -0.05) is 85.9 Å². The van der Waals surface area contributed by atoms with Gasteiger partial charge in [0.1, 0.15) is 6.54 Å². The van der Waals surface area contributed by atoms with Gasteiger partial charge in [-0.3, -0.25) is 19.2 Å². The minimum atomic E-state index is -0.662. The summed E-state index contributed by atoms with van der Waals surface area (Å²) in [5.41, 5.74) is 0.507. The quantitative estimate of drug-likeness (QED) is 0.293. The van der Waals surface area contributed by atoms with Crippen LogP contribution in [0, 0.1) is 23.7 Å². The Morgan fingerprint density at radius 2 is 1.45 bits per heavy atom. The molecular weight excluding hydrogens is 576 g/mol. The molecule has 0 radical (unpaired) electrons. The van der Waals surface area contributed by atoms with Crippen molar-refractivity contribution >= 4 is 67.0 Å². The number of imide groups is 1. The summed E-state index contributed by atoms with van der Waals surface area (Å²) in [7, 11) is 0. The number of carbonyl (C=O) groups is 4. The van der Waals surface area contributed by atoms with E-state index in [-0.39, 0.29) is 37.9 Å². The first-order chi connectivity index (χ1) is 15.8. The van der Waals surface area contributed by atoms with Crippen LogP contribution in [0.2, 0.25) is 5.02 Å². The summed E-state index contributed by atoms with van der Waals surface area (Å²) in [4.78, 5) is 53.8. The first-order valence-corrected chi connectivity index (χ1v) is 12.8. The van der Waals surface area contributed by atoms with Crippen molar-refractivity contribution in [2.24, 2.45) is 23.7 Å². The van der Waals surface area contributed by atoms with Crippen LogP contribution in [-0.4, -0.2) is 49.7 Å². The second-order valence-electron chi connectivity index (χ2n) is 8.62. The van der Waals surface area contributed by atoms with Crippen LogP contribution < -0.4 is 0 Å². The van der Waals surface area contributed by atoms with Gasteiger partial charge in [0.2, 0.25) is 0 Å². The van der Waals surface area contributed by atoms with E-state index in [1.807, 2.05) is 0 Å². The van der Waals surface area contributed by atoms with Crippen molar-refractivity contribution in [2.45, 2.75) is 16.1 Å². The van der Waals surface area contributed by atoms with E-state index in [9.17, 15) is 19.2 Å². The molecule has 1 saturated heterocycles. The number of fused-ring (bicyclic) bond motifs is 5. The maximum absolute atomic E-state index is 13.6. The lowest BCUT2D eigenvalue weighted by atomic mass is 9.81. The predicted octanol–water partition coefficient (Wildman–Crippen LogP) is 4.36. The van der Waals surface area contributed by atoms with E-state index in [4.69, 9.17) is 11.6 Å². The van der Waals surface area contributed by atoms with Crippen LogP contribution in [0.3, 0.4) is 0 Å². The van der Waals surface area contributed by atoms with Gasteiger partial charge in [-0.05, 0) is 30.4 Å². The Kier molecular flexibility index (Phi) is 5.95. The predicted molar refractivity (Wildman–Crippen MR) is 129 cm³/mol. The normalized spacial score (nSPS) is 30.0. The number of nitrogens with zero attached hydrogens (tertiary/aromatic N) is 2. The van der Waals surface area contributed by atoms with Gasteiger partial charge in [0.05, 0.1) is 22.4 Å². The molecule has 2 aromatic carbocycles. The van der Waals surface area contributed by atoms with Crippen LogP contribution in [0.25, 0.3) is 0 Å². The van der Waals surface area contributed by atoms with Crippen LogP contribution >= 0.6 is 43.5 Å². The molecule has 1 aliphatic heterocycles. The van der Waals surface area contributed by atoms with Crippen LogP contribution in [0.1, 0.15) is 27.1 Å². The Balaban J connectivity index is 1.53. The molecule has 1 heterocycles. The molecule has 2 saturated carbocycles. The number of hydrogen-bond donors (Lipinski definition) is 0. The molecule has 0 unspecified atom stereocenters. The molecular formula is C24H19Br2ClN2O4. The fourth-order valence-electron chi connectivity index (χ4n) is 5.43. The van der Waals surface area contributed by atoms with Gasteiger partial charge in [-0.15, -0.1) is 0 Å². The second kappa shape index (κ2) is 8.64. The second-order valence-corrected chi connectivity index (χ2v) is 11.1. The maximum atomic E-state index is 13.6. The number of ketones is 1. The van der Waals surface area contributed by atoms with Crippen molar-refractivity contribution in [3.63, 3.8) is 0 Å². The Bertz CT molecular complexity index is 1130. The molecule has 3 aliphatic rings. The molecule has 170 valence electrons. The van der Waals surface area contributed by atoms with Crippen molar-refractivity contribution < 1.29 is 19.2 Å². The summed E-state index contributed by atoms with van der Waals surface area (Å²) >= 11 is 13.6. The Morgan fingerprint density at radius 1 is 0.909 bits per heavy atom. The van der Waals surface area contributed by atoms with E-state index < -0.39 is 36.1 Å². The summed E-state index contributed by atoms with van der Waals surface area (Å²) in [5, 5.41) is 2.07. The zero-order valence-corrected chi connectivity index (χ0v) is 21.2. The van der Waals surface area contributed by atoms with Crippen LogP contribution in [0.4, 0.5) is 0 Å². The number of alkyl halides is 2. The van der Waals surface area contributed by atoms with Gasteiger partial charge in [0.25, 0.3) is 17.7 Å². The first-order valence-electron chi connectivity index (χ1n) is 10.6. The lowest BCUT2D eigenvalue weighted by Crippen LogP contribution is -2.52. The number of carbonyl (C=O) groups excluding carboxylic acids is 4. The van der Waals surface area contributed by atoms with E-state index in [1.165, 1.54) is 6.07 Å². The molecule has 33 heavy (non-hydrogen) atoms. The van der Waals surface area contributed by atoms with Gasteiger partial charge in [-0.25, -0.2) is 5.01 Å². The molecule has 3 amide bonds. The van der Waals surface area contributed by atoms with Crippen molar-refractivity contribution in [3.05, 3.63) is 70.7 Å². The van der Waals surface area contributed by atoms with E-state index in [1.54, 1.807) is 48.5 Å². The zero-order valence-electron chi connectivity index (χ0n) is 17.2. The van der Waals surface area contributed by atoms with Gasteiger partial charge in [0.15, 0.2) is 5.78 Å². The fraction of sp³-hybridized carbons (Fsp3) is 0.333. The summed E-state index contributed by atoms with van der Waals surface area (Å²) in [6, 6.07) is 14.9. The molecule has 5 rings (SSSR count). The summed E-state index contributed by atoms with van der Waals surface area (Å²) < 4.78 is 0. The topological polar surface area (TPSA) is 74.8 Å². The minimum absolute atomic E-state index is 0.00656. The first kappa shape index (κ1) is 22.7. The molecule has 3 fully saturated rings. The number of hydrazine groups is 1. The summed E-state index contributed by atoms with van der Waals surface area (Å²) in [5.74, 6) is -2.92. The standard InChI is InChI=1S/C24H19Br2ClN2O4/c25-20-14-10-15(21(20)26)19-18(14)23(32)29(24(19)33)28(11-17(30)12-6-2-1-3-7-12)22(31)13-8-4-5-9-16(13)27/h1-9,14-15,18-21H,10-11H2/t14-,15-,18-,19-,20-,21+/m1/s1. The van der Waals surface area contributed by atoms with Gasteiger partial charge in [-0.2, -0.15) is 5.01 Å². The highest BCUT2D eigenvalue weighted by atomic mass is 79.9. The van der Waals surface area contributed by atoms with Crippen LogP contribution in [0.15, 0.2) is 54.6 Å². The van der Waals surface area contributed by atoms with Crippen LogP contribution in [0.5, 0.6) is 0 Å². The number of hydrogen-bond acceptors (Lipinski definition) is 4. The lowest BCUT2D eigenvalue weighted by Gasteiger charge is -2.31. The third-order valence-corrected chi connectivity index (χ3v) is 10.5. The number of benzene rings is 2. The van der Waals surface area contributed by atoms with Crippen molar-refractivity contribution in [3.8, 4) is 0 Å². The number of Topliss-reactive ketones (excluding diaryl/α,β-unsaturated/α-hetero) is 1. The van der Waals surface area contributed by atoms with E-state index >= 15 is 0 Å². The highest BCUT2D eigenvalue weighted by molar-refractivity contribution is 9.12. The fourth-order valence-corrected chi connectivity index (χ4v) is 7.52. The molecule has 0 aromatic heterocycles. The molecule has 0 N–H and O–H groups in total. The van der Waals surface area contributed by atoms with E-state index in [0.29, 0.717) is 5.56 Å². The average molecular weight is 595 g/mol. The average Bonchev–Trinajstić information content (AvgIpc) is 3.43. The van der Waals surface area contributed by atoms with Crippen molar-refractivity contribution in [1.82, 2.24) is 10.0 Å². The molecule has 9 heteroatoms. The SMILES string of the molecule is O=C(CN(C(=O)c1ccccc1Cl)N1C(=O)[C@@H]2[C@H]3C[C@@H]([C@@H](Br)[C@H]3Br)[C@H]2C1=O)c1ccccc1. The maximum Gasteiger partial charge on any atom is 0.274 e. The van der Waals surface area contributed by atoms with Gasteiger partial charge in [0, 0.05) is 15.2 Å². The summed E-state index contributed by atoms with van der Waals surface area (Å²) in [6.07, 6.45) is 0.772. The van der Waals surface area contributed by atoms with Crippen molar-refractivity contribution in [1.29, 1.82) is 0 Å². The third kappa shape index (κ3) is 3.58. The number of rotatable bonds is 5. The third-order valence-electron chi connectivity index (χ3n) is 6.93. The van der Waals surface area contributed by atoms with Gasteiger partial charge < -0.3 is 0 Å². The number of amides is 3. The van der Waals surface area contributed by atoms with E-state index in [2.05, 4.69) is 31.9 Å². The highest BCUT2D eigenvalue weighted by Crippen LogP contribution is 2.60.